The van der Waals surface area contributed by atoms with Crippen LogP contribution in [0.25, 0.3) is 0 Å². The molecule has 0 aliphatic heterocycles. The summed E-state index contributed by atoms with van der Waals surface area (Å²) in [6, 6.07) is 9.24. The van der Waals surface area contributed by atoms with Crippen molar-refractivity contribution in [1.82, 2.24) is 5.43 Å². The molecule has 0 amide bonds. The van der Waals surface area contributed by atoms with Gasteiger partial charge < -0.3 is 26.8 Å². The second kappa shape index (κ2) is 10.5. The molecule has 0 bridgehead atoms. The Labute approximate surface area is 177 Å². The highest BCUT2D eigenvalue weighted by Crippen LogP contribution is 2.26. The average molecular weight is 442 g/mol. The van der Waals surface area contributed by atoms with E-state index in [4.69, 9.17) is 50.3 Å². The molecule has 0 heterocycles. The molecule has 0 saturated carbocycles. The number of nitrogens with one attached hydrogen (secondary N) is 2. The largest absolute Gasteiger partial charge is 0.504 e. The van der Waals surface area contributed by atoms with Crippen LogP contribution < -0.4 is 16.9 Å². The maximum absolute atomic E-state index is 10.7. The Morgan fingerprint density at radius 1 is 1.24 bits per heavy atom. The van der Waals surface area contributed by atoms with Gasteiger partial charge in [-0.1, -0.05) is 35.3 Å². The number of nitrogens with two attached hydrogens (primary N) is 2. The average Bonchev–Trinajstić information content (AvgIpc) is 2.61. The normalized spacial score (nSPS) is 12.6. The number of benzene rings is 2. The van der Waals surface area contributed by atoms with E-state index in [2.05, 4.69) is 10.5 Å². The summed E-state index contributed by atoms with van der Waals surface area (Å²) >= 11 is 11.7. The molecule has 1 atom stereocenters. The van der Waals surface area contributed by atoms with Crippen LogP contribution in [0, 0.1) is 5.41 Å². The van der Waals surface area contributed by atoms with E-state index in [1.54, 1.807) is 18.2 Å². The van der Waals surface area contributed by atoms with Crippen molar-refractivity contribution in [2.45, 2.75) is 18.9 Å². The molecule has 0 saturated heterocycles. The van der Waals surface area contributed by atoms with E-state index in [1.807, 2.05) is 0 Å². The number of guanidine groups is 1. The first-order chi connectivity index (χ1) is 13.4. The Hall–Kier alpha value is -3.01. The van der Waals surface area contributed by atoms with Gasteiger partial charge in [0.05, 0.1) is 16.3 Å². The van der Waals surface area contributed by atoms with Crippen molar-refractivity contribution in [3.8, 4) is 11.5 Å². The van der Waals surface area contributed by atoms with Gasteiger partial charge >= 0.3 is 5.97 Å². The van der Waals surface area contributed by atoms with E-state index in [0.717, 1.165) is 0 Å². The first-order valence-corrected chi connectivity index (χ1v) is 8.80. The Balaban J connectivity index is 0.000000291. The quantitative estimate of drug-likeness (QED) is 0.161. The van der Waals surface area contributed by atoms with Gasteiger partial charge in [0.25, 0.3) is 0 Å². The van der Waals surface area contributed by atoms with Crippen LogP contribution in [0.4, 0.5) is 0 Å². The summed E-state index contributed by atoms with van der Waals surface area (Å²) in [4.78, 5) is 10.7. The molecule has 0 radical (unpaired) electrons. The van der Waals surface area contributed by atoms with Gasteiger partial charge in [-0.2, -0.15) is 5.10 Å². The number of nitrogens with zero attached hydrogens (tertiary/aromatic N) is 1. The van der Waals surface area contributed by atoms with Crippen LogP contribution in [0.5, 0.6) is 11.5 Å². The van der Waals surface area contributed by atoms with Crippen LogP contribution in [-0.2, 0) is 11.2 Å². The third kappa shape index (κ3) is 7.86. The highest BCUT2D eigenvalue weighted by atomic mass is 35.5. The molecular formula is C18H21Cl2N5O4. The molecular weight excluding hydrogens is 421 g/mol. The highest BCUT2D eigenvalue weighted by molar-refractivity contribution is 6.38. The minimum atomic E-state index is -1.39. The van der Waals surface area contributed by atoms with E-state index in [9.17, 15) is 9.90 Å². The number of hydrazone groups is 1. The second-order valence-corrected chi connectivity index (χ2v) is 6.96. The van der Waals surface area contributed by atoms with E-state index < -0.39 is 11.5 Å². The predicted octanol–water partition coefficient (Wildman–Crippen LogP) is 2.25. The van der Waals surface area contributed by atoms with Gasteiger partial charge in [0, 0.05) is 12.0 Å². The van der Waals surface area contributed by atoms with Gasteiger partial charge in [0.1, 0.15) is 5.54 Å². The molecule has 0 unspecified atom stereocenters. The molecule has 29 heavy (non-hydrogen) atoms. The lowest BCUT2D eigenvalue weighted by molar-refractivity contribution is -0.142. The molecule has 9 N–H and O–H groups in total. The molecule has 2 aromatic carbocycles. The van der Waals surface area contributed by atoms with Gasteiger partial charge in [0.2, 0.25) is 5.96 Å². The van der Waals surface area contributed by atoms with Gasteiger partial charge in [-0.25, -0.2) is 5.43 Å². The summed E-state index contributed by atoms with van der Waals surface area (Å²) in [5.74, 6) is -1.89. The fourth-order valence-electron chi connectivity index (χ4n) is 1.98. The topological polar surface area (TPSA) is 178 Å². The number of halogens is 2. The van der Waals surface area contributed by atoms with E-state index >= 15 is 0 Å². The number of phenolic OH excluding ortho intramolecular Hbond substituents is 2. The van der Waals surface area contributed by atoms with Crippen molar-refractivity contribution >= 4 is 41.3 Å². The number of hydrogen-bond donors (Lipinski definition) is 7. The van der Waals surface area contributed by atoms with Crippen LogP contribution in [0.2, 0.25) is 10.0 Å². The molecule has 0 aliphatic carbocycles. The summed E-state index contributed by atoms with van der Waals surface area (Å²) in [6.45, 7) is 1.39. The molecule has 2 aromatic rings. The number of carboxylic acids is 1. The van der Waals surface area contributed by atoms with E-state index in [-0.39, 0.29) is 23.9 Å². The number of carbonyl (C=O) groups is 1. The number of rotatable bonds is 5. The zero-order valence-electron chi connectivity index (χ0n) is 15.4. The Bertz CT molecular complexity index is 899. The summed E-state index contributed by atoms with van der Waals surface area (Å²) in [5, 5.41) is 38.5. The lowest BCUT2D eigenvalue weighted by Crippen LogP contribution is -2.46. The van der Waals surface area contributed by atoms with Crippen molar-refractivity contribution in [2.75, 3.05) is 0 Å². The summed E-state index contributed by atoms with van der Waals surface area (Å²) in [6.07, 6.45) is 1.49. The van der Waals surface area contributed by atoms with Crippen LogP contribution in [0.3, 0.4) is 0 Å². The second-order valence-electron chi connectivity index (χ2n) is 6.14. The summed E-state index contributed by atoms with van der Waals surface area (Å²) < 4.78 is 0. The molecule has 156 valence electrons. The van der Waals surface area contributed by atoms with E-state index in [1.165, 1.54) is 31.3 Å². The van der Waals surface area contributed by atoms with Crippen molar-refractivity contribution in [3.05, 3.63) is 57.6 Å². The zero-order chi connectivity index (χ0) is 22.2. The maximum atomic E-state index is 10.7. The van der Waals surface area contributed by atoms with Gasteiger partial charge in [-0.15, -0.1) is 0 Å². The zero-order valence-corrected chi connectivity index (χ0v) is 16.9. The molecule has 11 heteroatoms. The lowest BCUT2D eigenvalue weighted by atomic mass is 9.94. The van der Waals surface area contributed by atoms with Gasteiger partial charge in [-0.05, 0) is 36.8 Å². The smallest absolute Gasteiger partial charge is 0.323 e. The summed E-state index contributed by atoms with van der Waals surface area (Å²) in [7, 11) is 0. The number of carboxylic acid groups (broad SMARTS) is 1. The van der Waals surface area contributed by atoms with Crippen molar-refractivity contribution in [2.24, 2.45) is 16.6 Å². The highest BCUT2D eigenvalue weighted by Gasteiger charge is 2.28. The minimum absolute atomic E-state index is 0.0795. The molecule has 0 spiro atoms. The third-order valence-corrected chi connectivity index (χ3v) is 4.14. The third-order valence-electron chi connectivity index (χ3n) is 3.48. The first-order valence-electron chi connectivity index (χ1n) is 8.04. The fraction of sp³-hybridized carbons (Fsp3) is 0.167. The van der Waals surface area contributed by atoms with Crippen LogP contribution >= 0.6 is 23.2 Å². The SMILES string of the molecule is C[C@](N)(Cc1ccc(O)c(O)c1)C(=O)O.N=C(N)N/N=C/c1c(Cl)cccc1Cl. The molecule has 9 nitrogen and oxygen atoms in total. The van der Waals surface area contributed by atoms with Crippen LogP contribution in [-0.4, -0.2) is 39.0 Å². The molecule has 0 aromatic heterocycles. The number of hydrogen-bond acceptors (Lipinski definition) is 6. The minimum Gasteiger partial charge on any atom is -0.504 e. The lowest BCUT2D eigenvalue weighted by Gasteiger charge is -2.19. The fourth-order valence-corrected chi connectivity index (χ4v) is 2.47. The van der Waals surface area contributed by atoms with E-state index in [0.29, 0.717) is 21.2 Å². The molecule has 0 fully saturated rings. The van der Waals surface area contributed by atoms with Gasteiger partial charge in [-0.3, -0.25) is 10.2 Å². The predicted molar refractivity (Wildman–Crippen MR) is 113 cm³/mol. The Kier molecular flexibility index (Phi) is 8.71. The van der Waals surface area contributed by atoms with Gasteiger partial charge in [0.15, 0.2) is 11.5 Å². The molecule has 0 aliphatic rings. The van der Waals surface area contributed by atoms with Crippen molar-refractivity contribution in [3.63, 3.8) is 0 Å². The van der Waals surface area contributed by atoms with Crippen molar-refractivity contribution in [1.29, 1.82) is 5.41 Å². The first kappa shape index (κ1) is 24.0. The number of aliphatic carboxylic acids is 1. The number of aromatic hydroxyl groups is 2. The summed E-state index contributed by atoms with van der Waals surface area (Å²) in [5.41, 5.74) is 12.6. The monoisotopic (exact) mass is 441 g/mol. The molecule has 2 rings (SSSR count). The Morgan fingerprint density at radius 2 is 1.83 bits per heavy atom. The maximum Gasteiger partial charge on any atom is 0.323 e. The Morgan fingerprint density at radius 3 is 2.31 bits per heavy atom. The van der Waals surface area contributed by atoms with Crippen LogP contribution in [0.15, 0.2) is 41.5 Å². The van der Waals surface area contributed by atoms with Crippen LogP contribution in [0.1, 0.15) is 18.1 Å². The standard InChI is InChI=1S/C10H13NO4.C8H8Cl2N4/c1-10(11,9(14)15)5-6-2-3-7(12)8(13)4-6;9-6-2-1-3-7(10)5(6)4-13-14-8(11)12/h2-4,12-13H,5,11H2,1H3,(H,14,15);1-4H,(H4,11,12,14)/b;13-4+/t10-;/m0./s1. The van der Waals surface area contributed by atoms with Crippen molar-refractivity contribution < 1.29 is 20.1 Å². The number of phenols is 2.